The monoisotopic (exact) mass is 742 g/mol. The Morgan fingerprint density at radius 1 is 0.444 bits per heavy atom. The number of unbranched alkanes of at least 4 members (excludes halogenated alkanes) is 10. The first kappa shape index (κ1) is 36.2. The molecule has 0 fully saturated rings. The molecule has 0 saturated heterocycles. The lowest BCUT2D eigenvalue weighted by Gasteiger charge is -2.21. The SMILES string of the molecule is CCCCCCCCc1ccc(C#Cc2cc3c4c5c2cccc5c(=O)c2cc(C#Cc5ccc(CCCCCCCC)s5)c5cccc(c3=O)c5c2-4)s1. The molecular formula is C50H46O2S2. The van der Waals surface area contributed by atoms with Crippen molar-refractivity contribution in [3.05, 3.63) is 124 Å². The zero-order chi connectivity index (χ0) is 37.0. The first-order valence-corrected chi connectivity index (χ1v) is 21.7. The van der Waals surface area contributed by atoms with Gasteiger partial charge in [0.15, 0.2) is 10.9 Å². The second-order valence-electron chi connectivity index (χ2n) is 14.9. The molecule has 0 atom stereocenters. The van der Waals surface area contributed by atoms with Crippen molar-refractivity contribution in [1.82, 2.24) is 0 Å². The lowest BCUT2D eigenvalue weighted by atomic mass is 9.79. The Morgan fingerprint density at radius 3 is 1.30 bits per heavy atom. The minimum atomic E-state index is -0.0248. The van der Waals surface area contributed by atoms with Gasteiger partial charge in [-0.25, -0.2) is 0 Å². The fourth-order valence-electron chi connectivity index (χ4n) is 8.28. The van der Waals surface area contributed by atoms with Gasteiger partial charge in [-0.15, -0.1) is 22.7 Å². The molecule has 0 spiro atoms. The van der Waals surface area contributed by atoms with Crippen molar-refractivity contribution in [3.8, 4) is 34.8 Å². The van der Waals surface area contributed by atoms with Gasteiger partial charge in [0.05, 0.1) is 9.75 Å². The van der Waals surface area contributed by atoms with Crippen molar-refractivity contribution >= 4 is 65.8 Å². The lowest BCUT2D eigenvalue weighted by Crippen LogP contribution is -2.14. The Hall–Kier alpha value is -4.74. The Kier molecular flexibility index (Phi) is 11.0. The Bertz CT molecular complexity index is 2570. The third kappa shape index (κ3) is 7.11. The van der Waals surface area contributed by atoms with Crippen molar-refractivity contribution in [3.63, 3.8) is 0 Å². The molecular weight excluding hydrogens is 697 g/mol. The van der Waals surface area contributed by atoms with Crippen LogP contribution in [0.4, 0.5) is 0 Å². The Morgan fingerprint density at radius 2 is 0.852 bits per heavy atom. The van der Waals surface area contributed by atoms with Crippen LogP contribution in [0.25, 0.3) is 54.2 Å². The van der Waals surface area contributed by atoms with Gasteiger partial charge in [-0.1, -0.05) is 138 Å². The predicted octanol–water partition coefficient (Wildman–Crippen LogP) is 13.2. The first-order valence-electron chi connectivity index (χ1n) is 20.1. The molecule has 270 valence electrons. The quantitative estimate of drug-likeness (QED) is 0.0481. The van der Waals surface area contributed by atoms with E-state index < -0.39 is 0 Å². The maximum Gasteiger partial charge on any atom is 0.194 e. The molecule has 0 unspecified atom stereocenters. The summed E-state index contributed by atoms with van der Waals surface area (Å²) in [5.41, 5.74) is 3.25. The van der Waals surface area contributed by atoms with Crippen molar-refractivity contribution in [2.75, 3.05) is 0 Å². The molecule has 2 nitrogen and oxygen atoms in total. The summed E-state index contributed by atoms with van der Waals surface area (Å²) in [6.45, 7) is 4.51. The maximum absolute atomic E-state index is 14.5. The van der Waals surface area contributed by atoms with Crippen LogP contribution in [0, 0.1) is 23.7 Å². The van der Waals surface area contributed by atoms with Crippen molar-refractivity contribution in [2.24, 2.45) is 0 Å². The number of benzene rings is 6. The molecule has 0 saturated carbocycles. The van der Waals surface area contributed by atoms with Gasteiger partial charge in [-0.2, -0.15) is 0 Å². The summed E-state index contributed by atoms with van der Waals surface area (Å²) in [7, 11) is 0. The highest BCUT2D eigenvalue weighted by Gasteiger charge is 2.27. The average molecular weight is 743 g/mol. The van der Waals surface area contributed by atoms with Crippen molar-refractivity contribution in [2.45, 2.75) is 104 Å². The van der Waals surface area contributed by atoms with Crippen LogP contribution in [0.3, 0.4) is 0 Å². The highest BCUT2D eigenvalue weighted by Crippen LogP contribution is 2.46. The van der Waals surface area contributed by atoms with Crippen molar-refractivity contribution in [1.29, 1.82) is 0 Å². The van der Waals surface area contributed by atoms with Crippen LogP contribution in [-0.2, 0) is 12.8 Å². The summed E-state index contributed by atoms with van der Waals surface area (Å²) in [5, 5.41) is 6.01. The van der Waals surface area contributed by atoms with Gasteiger partial charge in [0.25, 0.3) is 0 Å². The van der Waals surface area contributed by atoms with Gasteiger partial charge in [0, 0.05) is 64.3 Å². The summed E-state index contributed by atoms with van der Waals surface area (Å²) < 4.78 is 0. The fraction of sp³-hybridized carbons (Fsp3) is 0.320. The van der Waals surface area contributed by atoms with E-state index in [1.165, 1.54) is 86.8 Å². The van der Waals surface area contributed by atoms with E-state index in [9.17, 15) is 9.59 Å². The molecule has 4 heteroatoms. The van der Waals surface area contributed by atoms with E-state index in [4.69, 9.17) is 0 Å². The van der Waals surface area contributed by atoms with E-state index in [-0.39, 0.29) is 10.9 Å². The number of aryl methyl sites for hydroxylation is 2. The minimum Gasteiger partial charge on any atom is -0.289 e. The smallest absolute Gasteiger partial charge is 0.194 e. The summed E-state index contributed by atoms with van der Waals surface area (Å²) in [5.74, 6) is 13.7. The molecule has 2 aliphatic carbocycles. The van der Waals surface area contributed by atoms with Gasteiger partial charge in [0.1, 0.15) is 0 Å². The molecule has 0 bridgehead atoms. The van der Waals surface area contributed by atoms with E-state index in [0.717, 1.165) is 66.4 Å². The van der Waals surface area contributed by atoms with Gasteiger partial charge in [-0.05, 0) is 72.9 Å². The Balaban J connectivity index is 1.16. The van der Waals surface area contributed by atoms with E-state index >= 15 is 0 Å². The third-order valence-electron chi connectivity index (χ3n) is 11.1. The minimum absolute atomic E-state index is 0.0248. The zero-order valence-corrected chi connectivity index (χ0v) is 33.1. The van der Waals surface area contributed by atoms with Crippen LogP contribution in [0.1, 0.15) is 122 Å². The van der Waals surface area contributed by atoms with E-state index in [2.05, 4.69) is 61.8 Å². The normalized spacial score (nSPS) is 11.7. The molecule has 54 heavy (non-hydrogen) atoms. The number of thiophene rings is 2. The van der Waals surface area contributed by atoms with Gasteiger partial charge < -0.3 is 0 Å². The molecule has 0 aliphatic heterocycles. The first-order chi connectivity index (χ1) is 26.6. The second-order valence-corrected chi connectivity index (χ2v) is 17.2. The summed E-state index contributed by atoms with van der Waals surface area (Å²) in [6.07, 6.45) is 17.6. The molecule has 0 amide bonds. The predicted molar refractivity (Wildman–Crippen MR) is 234 cm³/mol. The van der Waals surface area contributed by atoms with Gasteiger partial charge >= 0.3 is 0 Å². The molecule has 8 rings (SSSR count). The van der Waals surface area contributed by atoms with Crippen LogP contribution in [0.5, 0.6) is 0 Å². The van der Waals surface area contributed by atoms with Crippen molar-refractivity contribution < 1.29 is 0 Å². The number of hydrogen-bond donors (Lipinski definition) is 0. The highest BCUT2D eigenvalue weighted by atomic mass is 32.1. The largest absolute Gasteiger partial charge is 0.289 e. The van der Waals surface area contributed by atoms with Crippen LogP contribution in [0.2, 0.25) is 0 Å². The van der Waals surface area contributed by atoms with Crippen LogP contribution in [0.15, 0.2) is 82.4 Å². The van der Waals surface area contributed by atoms with Crippen LogP contribution >= 0.6 is 22.7 Å². The Labute approximate surface area is 326 Å². The molecule has 2 aliphatic rings. The maximum atomic E-state index is 14.5. The molecule has 2 aromatic heterocycles. The summed E-state index contributed by atoms with van der Waals surface area (Å²) >= 11 is 3.52. The number of hydrogen-bond acceptors (Lipinski definition) is 4. The van der Waals surface area contributed by atoms with Gasteiger partial charge in [0.2, 0.25) is 0 Å². The number of rotatable bonds is 14. The van der Waals surface area contributed by atoms with E-state index in [0.29, 0.717) is 21.5 Å². The molecule has 0 N–H and O–H groups in total. The zero-order valence-electron chi connectivity index (χ0n) is 31.5. The van der Waals surface area contributed by atoms with Crippen LogP contribution < -0.4 is 10.9 Å². The topological polar surface area (TPSA) is 34.1 Å². The average Bonchev–Trinajstić information content (AvgIpc) is 3.86. The molecule has 2 heterocycles. The highest BCUT2D eigenvalue weighted by molar-refractivity contribution is 7.12. The van der Waals surface area contributed by atoms with Crippen LogP contribution in [-0.4, -0.2) is 0 Å². The fourth-order valence-corrected chi connectivity index (χ4v) is 10.1. The molecule has 6 aromatic rings. The summed E-state index contributed by atoms with van der Waals surface area (Å²) in [4.78, 5) is 33.7. The lowest BCUT2D eigenvalue weighted by molar-refractivity contribution is 0.609. The van der Waals surface area contributed by atoms with E-state index in [1.54, 1.807) is 22.7 Å². The summed E-state index contributed by atoms with van der Waals surface area (Å²) in [6, 6.07) is 24.4. The van der Waals surface area contributed by atoms with E-state index in [1.807, 2.05) is 48.5 Å². The molecule has 0 radical (unpaired) electrons. The third-order valence-corrected chi connectivity index (χ3v) is 13.2. The second kappa shape index (κ2) is 16.3. The standard InChI is InChI=1S/C50H46O2S2/c1-3-5-7-9-11-13-17-35-27-29-37(53-35)25-23-33-31-43-47-45-39(33)19-15-21-41(45)50(52)44-32-34(40-20-16-22-42(49(43)51)46(40)48(44)47)24-26-38-30-28-36(54-38)18-14-12-10-8-6-4-2/h15-16,19-22,27-32H,3-14,17-18H2,1-2H3. The van der Waals surface area contributed by atoms with Gasteiger partial charge in [-0.3, -0.25) is 9.59 Å². The molecule has 4 aromatic carbocycles.